The molecule has 0 spiro atoms. The quantitative estimate of drug-likeness (QED) is 0.0640. The van der Waals surface area contributed by atoms with E-state index in [9.17, 15) is 83.7 Å². The molecule has 0 N–H and O–H groups in total. The van der Waals surface area contributed by atoms with Gasteiger partial charge in [-0.3, -0.25) is 9.59 Å². The summed E-state index contributed by atoms with van der Waals surface area (Å²) in [5, 5.41) is -4.80. The van der Waals surface area contributed by atoms with E-state index in [2.05, 4.69) is 47.6 Å². The van der Waals surface area contributed by atoms with Crippen LogP contribution in [0, 0.1) is 0 Å². The van der Waals surface area contributed by atoms with Gasteiger partial charge in [0.1, 0.15) is 17.3 Å². The molecule has 4 rings (SSSR count). The second-order valence-corrected chi connectivity index (χ2v) is 15.8. The van der Waals surface area contributed by atoms with Gasteiger partial charge in [-0.1, -0.05) is 31.5 Å². The number of fused-ring (bicyclic) bond motifs is 1. The number of hydroxylamine groups is 2. The zero-order valence-corrected chi connectivity index (χ0v) is 28.7. The number of rotatable bonds is 10. The van der Waals surface area contributed by atoms with Crippen LogP contribution in [0.1, 0.15) is 45.4 Å². The molecule has 2 aliphatic heterocycles. The number of carbonyl (C=O) groups excluding carboxylic acids is 2. The highest BCUT2D eigenvalue weighted by atomic mass is 32.2. The van der Waals surface area contributed by atoms with Crippen molar-refractivity contribution in [2.24, 2.45) is 0 Å². The number of hydrogen-bond acceptors (Lipinski definition) is 9. The van der Waals surface area contributed by atoms with Gasteiger partial charge < -0.3 is 9.29 Å². The predicted octanol–water partition coefficient (Wildman–Crippen LogP) is 6.66. The topological polar surface area (TPSA) is 147 Å². The largest absolute Gasteiger partial charge is 0.743 e. The summed E-state index contributed by atoms with van der Waals surface area (Å²) in [7, 11) is -12.9. The number of hydrogen-bond donors (Lipinski definition) is 0. The molecule has 2 aliphatic rings. The Hall–Kier alpha value is -3.03. The van der Waals surface area contributed by atoms with Crippen LogP contribution in [0.25, 0.3) is 10.8 Å². The van der Waals surface area contributed by atoms with E-state index in [4.69, 9.17) is 4.74 Å². The molecular weight excluding hydrogens is 806 g/mol. The van der Waals surface area contributed by atoms with Gasteiger partial charge in [-0.25, -0.2) is 8.42 Å². The smallest absolute Gasteiger partial charge is 0.525 e. The SMILES string of the molecule is CCCCOc1ccc([S+]2CCCC2)c2ccccc12.O=C1CCC(=O)N1OS(=O)(=O)C(F)(F)F.O=S(=O)([O-])C(F)(F)C(F)(F)C(F)(F)C(F)(F)F. The van der Waals surface area contributed by atoms with Crippen LogP contribution in [-0.4, -0.2) is 85.2 Å². The van der Waals surface area contributed by atoms with E-state index in [1.54, 1.807) is 4.90 Å². The third kappa shape index (κ3) is 9.93. The highest BCUT2D eigenvalue weighted by molar-refractivity contribution is 7.97. The number of ether oxygens (including phenoxy) is 1. The standard InChI is InChI=1S/C18H23OS.C5H4F3NO5S.C4HF9O3S/c1-2-3-12-19-17-10-11-18(20-13-6-7-14-20)16-9-5-4-8-15(16)17;6-5(7,8)15(12,13)14-9-3(10)1-2-4(9)11;5-1(6,3(9,10)11)2(7,8)4(12,13)17(14,15)16/h4-5,8-11H,2-3,6-7,12-14H2,1H3;1-2H2;(H,14,15,16)/q+1;;/p-1. The maximum atomic E-state index is 12.2. The Morgan fingerprint density at radius 3 is 1.71 bits per heavy atom. The minimum absolute atomic E-state index is 0.369. The fourth-order valence-corrected chi connectivity index (χ4v) is 7.51. The first-order chi connectivity index (χ1) is 23.5. The number of amides is 2. The lowest BCUT2D eigenvalue weighted by Crippen LogP contribution is -2.63. The Labute approximate surface area is 290 Å². The Balaban J connectivity index is 0.000000274. The summed E-state index contributed by atoms with van der Waals surface area (Å²) in [6.07, 6.45) is -2.80. The number of alkyl halides is 12. The first-order valence-electron chi connectivity index (χ1n) is 14.4. The van der Waals surface area contributed by atoms with Crippen LogP contribution >= 0.6 is 0 Å². The third-order valence-electron chi connectivity index (χ3n) is 6.83. The molecule has 0 radical (unpaired) electrons. The minimum atomic E-state index is -7.43. The maximum absolute atomic E-state index is 12.2. The Morgan fingerprint density at radius 2 is 1.27 bits per heavy atom. The normalized spacial score (nSPS) is 16.8. The van der Waals surface area contributed by atoms with Crippen molar-refractivity contribution >= 4 is 53.7 Å². The van der Waals surface area contributed by atoms with Crippen LogP contribution in [-0.2, 0) is 45.0 Å². The molecule has 296 valence electrons. The second-order valence-electron chi connectivity index (χ2n) is 10.6. The van der Waals surface area contributed by atoms with Crippen molar-refractivity contribution in [3.63, 3.8) is 0 Å². The molecule has 2 saturated heterocycles. The van der Waals surface area contributed by atoms with Gasteiger partial charge in [0.2, 0.25) is 0 Å². The number of unbranched alkanes of at least 4 members (excludes halogenated alkanes) is 1. The van der Waals surface area contributed by atoms with Crippen molar-refractivity contribution in [3.05, 3.63) is 36.4 Å². The fraction of sp³-hybridized carbons (Fsp3) is 0.556. The lowest BCUT2D eigenvalue weighted by molar-refractivity contribution is -0.382. The zero-order valence-electron chi connectivity index (χ0n) is 26.2. The minimum Gasteiger partial charge on any atom is -0.743 e. The van der Waals surface area contributed by atoms with Gasteiger partial charge in [0, 0.05) is 34.5 Å². The van der Waals surface area contributed by atoms with Gasteiger partial charge in [-0.15, -0.1) is 9.35 Å². The Bertz CT molecular complexity index is 1780. The molecule has 0 unspecified atom stereocenters. The molecular formula is C27H27F12NO9S3. The van der Waals surface area contributed by atoms with E-state index in [1.165, 1.54) is 41.5 Å². The molecule has 25 heteroatoms. The summed E-state index contributed by atoms with van der Waals surface area (Å²) in [5.74, 6) is -13.2. The summed E-state index contributed by atoms with van der Waals surface area (Å²) < 4.78 is 201. The number of halogens is 12. The van der Waals surface area contributed by atoms with E-state index in [0.29, 0.717) is 10.9 Å². The monoisotopic (exact) mass is 833 g/mol. The predicted molar refractivity (Wildman–Crippen MR) is 157 cm³/mol. The second kappa shape index (κ2) is 16.5. The fourth-order valence-electron chi connectivity index (χ4n) is 4.12. The molecule has 2 aromatic carbocycles. The van der Waals surface area contributed by atoms with Gasteiger partial charge in [0.25, 0.3) is 11.8 Å². The lowest BCUT2D eigenvalue weighted by Gasteiger charge is -2.34. The molecule has 10 nitrogen and oxygen atoms in total. The summed E-state index contributed by atoms with van der Waals surface area (Å²) in [6.45, 7) is 3.03. The average Bonchev–Trinajstić information content (AvgIpc) is 3.66. The van der Waals surface area contributed by atoms with Gasteiger partial charge >= 0.3 is 38.9 Å². The molecule has 52 heavy (non-hydrogen) atoms. The summed E-state index contributed by atoms with van der Waals surface area (Å²) in [4.78, 5) is 23.0. The first-order valence-corrected chi connectivity index (χ1v) is 18.8. The molecule has 2 aromatic rings. The molecule has 2 fully saturated rings. The van der Waals surface area contributed by atoms with Crippen LogP contribution in [0.2, 0.25) is 0 Å². The van der Waals surface area contributed by atoms with Crippen LogP contribution < -0.4 is 4.74 Å². The van der Waals surface area contributed by atoms with Crippen molar-refractivity contribution in [2.75, 3.05) is 18.1 Å². The summed E-state index contributed by atoms with van der Waals surface area (Å²) >= 11 is 0. The zero-order chi connectivity index (χ0) is 40.1. The van der Waals surface area contributed by atoms with Crippen LogP contribution in [0.15, 0.2) is 41.3 Å². The highest BCUT2D eigenvalue weighted by Gasteiger charge is 2.83. The van der Waals surface area contributed by atoms with Crippen LogP contribution in [0.4, 0.5) is 52.7 Å². The number of nitrogens with zero attached hydrogens (tertiary/aromatic N) is 1. The van der Waals surface area contributed by atoms with E-state index < -0.39 is 60.8 Å². The lowest BCUT2D eigenvalue weighted by atomic mass is 10.1. The van der Waals surface area contributed by atoms with Crippen molar-refractivity contribution in [3.8, 4) is 5.75 Å². The van der Waals surface area contributed by atoms with Crippen molar-refractivity contribution in [1.29, 1.82) is 0 Å². The number of benzene rings is 2. The molecule has 2 heterocycles. The molecule has 0 aromatic heterocycles. The van der Waals surface area contributed by atoms with E-state index in [1.807, 2.05) is 0 Å². The van der Waals surface area contributed by atoms with Gasteiger partial charge in [-0.05, 0) is 37.5 Å². The molecule has 0 atom stereocenters. The first kappa shape index (κ1) is 45.1. The van der Waals surface area contributed by atoms with E-state index >= 15 is 0 Å². The van der Waals surface area contributed by atoms with Crippen molar-refractivity contribution in [1.82, 2.24) is 5.06 Å². The van der Waals surface area contributed by atoms with Crippen molar-refractivity contribution < 1.29 is 92.7 Å². The molecule has 2 amide bonds. The van der Waals surface area contributed by atoms with Gasteiger partial charge in [-0.2, -0.15) is 61.1 Å². The van der Waals surface area contributed by atoms with Crippen LogP contribution in [0.5, 0.6) is 5.75 Å². The van der Waals surface area contributed by atoms with Gasteiger partial charge in [0.05, 0.1) is 6.61 Å². The summed E-state index contributed by atoms with van der Waals surface area (Å²) in [6, 6.07) is 13.3. The molecule has 0 saturated carbocycles. The summed E-state index contributed by atoms with van der Waals surface area (Å²) in [5.41, 5.74) is -5.67. The third-order valence-corrected chi connectivity index (χ3v) is 11.2. The Morgan fingerprint density at radius 1 is 0.769 bits per heavy atom. The van der Waals surface area contributed by atoms with E-state index in [0.717, 1.165) is 18.8 Å². The average molecular weight is 834 g/mol. The molecule has 0 aliphatic carbocycles. The maximum Gasteiger partial charge on any atom is 0.525 e. The number of imide groups is 1. The number of carbonyl (C=O) groups is 2. The van der Waals surface area contributed by atoms with Gasteiger partial charge in [0.15, 0.2) is 15.0 Å². The van der Waals surface area contributed by atoms with E-state index in [-0.39, 0.29) is 17.9 Å². The Kier molecular flexibility index (Phi) is 14.4. The molecule has 0 bridgehead atoms. The highest BCUT2D eigenvalue weighted by Crippen LogP contribution is 2.54. The van der Waals surface area contributed by atoms with Crippen LogP contribution in [0.3, 0.4) is 0 Å². The van der Waals surface area contributed by atoms with Crippen molar-refractivity contribution in [2.45, 2.75) is 79.1 Å².